The van der Waals surface area contributed by atoms with E-state index < -0.39 is 16.8 Å². The normalized spacial score (nSPS) is 18.2. The summed E-state index contributed by atoms with van der Waals surface area (Å²) in [5.74, 6) is 0.177. The molecule has 0 amide bonds. The predicted molar refractivity (Wildman–Crippen MR) is 79.0 cm³/mol. The fourth-order valence-electron chi connectivity index (χ4n) is 2.47. The molecule has 3 nitrogen and oxygen atoms in total. The molecule has 1 unspecified atom stereocenters. The van der Waals surface area contributed by atoms with E-state index in [1.165, 1.54) is 25.3 Å². The van der Waals surface area contributed by atoms with Crippen molar-refractivity contribution in [3.05, 3.63) is 28.2 Å². The van der Waals surface area contributed by atoms with Crippen molar-refractivity contribution in [1.82, 2.24) is 0 Å². The molecule has 19 heavy (non-hydrogen) atoms. The number of benzene rings is 1. The van der Waals surface area contributed by atoms with Gasteiger partial charge in [0, 0.05) is 15.1 Å². The van der Waals surface area contributed by atoms with Crippen LogP contribution >= 0.6 is 15.9 Å². The monoisotopic (exact) mass is 344 g/mol. The molecule has 1 aromatic carbocycles. The SMILES string of the molecule is O=C(O)c1cc(S(=O)CC2CCCCC2)ccc1Br. The van der Waals surface area contributed by atoms with Crippen LogP contribution in [-0.2, 0) is 10.8 Å². The second kappa shape index (κ2) is 6.66. The molecule has 1 aromatic rings. The van der Waals surface area contributed by atoms with E-state index in [2.05, 4.69) is 15.9 Å². The number of carboxylic acids is 1. The minimum Gasteiger partial charge on any atom is -0.478 e. The Labute approximate surface area is 124 Å². The van der Waals surface area contributed by atoms with Crippen LogP contribution in [0.15, 0.2) is 27.6 Å². The van der Waals surface area contributed by atoms with Crippen molar-refractivity contribution in [2.75, 3.05) is 5.75 Å². The molecule has 1 saturated carbocycles. The first-order chi connectivity index (χ1) is 9.08. The molecule has 0 bridgehead atoms. The Morgan fingerprint density at radius 3 is 2.63 bits per heavy atom. The quantitative estimate of drug-likeness (QED) is 0.902. The van der Waals surface area contributed by atoms with Gasteiger partial charge < -0.3 is 5.11 Å². The summed E-state index contributed by atoms with van der Waals surface area (Å²) in [5.41, 5.74) is 0.175. The van der Waals surface area contributed by atoms with Crippen LogP contribution in [0.4, 0.5) is 0 Å². The zero-order valence-electron chi connectivity index (χ0n) is 10.6. The zero-order valence-corrected chi connectivity index (χ0v) is 13.0. The second-order valence-electron chi connectivity index (χ2n) is 4.96. The Bertz CT molecular complexity index is 495. The third-order valence-corrected chi connectivity index (χ3v) is 5.79. The van der Waals surface area contributed by atoms with Crippen LogP contribution in [0.1, 0.15) is 42.5 Å². The van der Waals surface area contributed by atoms with Crippen molar-refractivity contribution < 1.29 is 14.1 Å². The molecule has 0 saturated heterocycles. The molecule has 1 aliphatic rings. The smallest absolute Gasteiger partial charge is 0.336 e. The maximum absolute atomic E-state index is 12.3. The lowest BCUT2D eigenvalue weighted by molar-refractivity contribution is 0.0695. The molecule has 0 aromatic heterocycles. The Balaban J connectivity index is 2.10. The first-order valence-electron chi connectivity index (χ1n) is 6.49. The van der Waals surface area contributed by atoms with E-state index in [1.54, 1.807) is 12.1 Å². The Morgan fingerprint density at radius 1 is 1.32 bits per heavy atom. The van der Waals surface area contributed by atoms with Crippen LogP contribution < -0.4 is 0 Å². The predicted octanol–water partition coefficient (Wildman–Crippen LogP) is 3.84. The number of aromatic carboxylic acids is 1. The molecule has 1 aliphatic carbocycles. The molecular weight excluding hydrogens is 328 g/mol. The van der Waals surface area contributed by atoms with E-state index in [4.69, 9.17) is 5.11 Å². The molecule has 0 spiro atoms. The van der Waals surface area contributed by atoms with Crippen LogP contribution in [0, 0.1) is 5.92 Å². The highest BCUT2D eigenvalue weighted by atomic mass is 79.9. The van der Waals surface area contributed by atoms with Crippen LogP contribution in [0.5, 0.6) is 0 Å². The zero-order chi connectivity index (χ0) is 13.8. The van der Waals surface area contributed by atoms with Crippen molar-refractivity contribution >= 4 is 32.7 Å². The molecule has 1 N–H and O–H groups in total. The number of hydrogen-bond acceptors (Lipinski definition) is 2. The third kappa shape index (κ3) is 3.89. The van der Waals surface area contributed by atoms with Crippen LogP contribution in [-0.4, -0.2) is 21.0 Å². The summed E-state index contributed by atoms with van der Waals surface area (Å²) in [5, 5.41) is 9.06. The molecule has 2 rings (SSSR count). The summed E-state index contributed by atoms with van der Waals surface area (Å²) < 4.78 is 12.8. The third-order valence-electron chi connectivity index (χ3n) is 3.54. The van der Waals surface area contributed by atoms with E-state index in [9.17, 15) is 9.00 Å². The highest BCUT2D eigenvalue weighted by molar-refractivity contribution is 9.10. The van der Waals surface area contributed by atoms with Crippen molar-refractivity contribution in [3.63, 3.8) is 0 Å². The number of halogens is 1. The number of carboxylic acid groups (broad SMARTS) is 1. The fourth-order valence-corrected chi connectivity index (χ4v) is 4.31. The summed E-state index contributed by atoms with van der Waals surface area (Å²) in [4.78, 5) is 11.7. The Kier molecular flexibility index (Phi) is 5.16. The maximum atomic E-state index is 12.3. The molecule has 0 heterocycles. The summed E-state index contributed by atoms with van der Waals surface area (Å²) in [6, 6.07) is 4.93. The standard InChI is InChI=1S/C14H17BrO3S/c15-13-7-6-11(8-12(13)14(16)17)19(18)9-10-4-2-1-3-5-10/h6-8,10H,1-5,9H2,(H,16,17). The number of hydrogen-bond donors (Lipinski definition) is 1. The van der Waals surface area contributed by atoms with Crippen molar-refractivity contribution in [1.29, 1.82) is 0 Å². The fraction of sp³-hybridized carbons (Fsp3) is 0.500. The van der Waals surface area contributed by atoms with E-state index in [0.717, 1.165) is 12.8 Å². The number of rotatable bonds is 4. The van der Waals surface area contributed by atoms with E-state index in [-0.39, 0.29) is 5.56 Å². The average molecular weight is 345 g/mol. The highest BCUT2D eigenvalue weighted by Gasteiger charge is 2.18. The van der Waals surface area contributed by atoms with E-state index in [0.29, 0.717) is 21.0 Å². The Hall–Kier alpha value is -0.680. The molecule has 104 valence electrons. The summed E-state index contributed by atoms with van der Waals surface area (Å²) in [6.45, 7) is 0. The van der Waals surface area contributed by atoms with Crippen molar-refractivity contribution in [2.24, 2.45) is 5.92 Å². The van der Waals surface area contributed by atoms with Crippen LogP contribution in [0.3, 0.4) is 0 Å². The first kappa shape index (κ1) is 14.7. The first-order valence-corrected chi connectivity index (χ1v) is 8.60. The lowest BCUT2D eigenvalue weighted by atomic mass is 9.91. The summed E-state index contributed by atoms with van der Waals surface area (Å²) in [6.07, 6.45) is 6.03. The van der Waals surface area contributed by atoms with Crippen molar-refractivity contribution in [2.45, 2.75) is 37.0 Å². The summed E-state index contributed by atoms with van der Waals surface area (Å²) >= 11 is 3.20. The van der Waals surface area contributed by atoms with Gasteiger partial charge in [0.2, 0.25) is 0 Å². The minimum atomic E-state index is -1.10. The molecule has 0 aliphatic heterocycles. The minimum absolute atomic E-state index is 0.175. The summed E-state index contributed by atoms with van der Waals surface area (Å²) in [7, 11) is -1.10. The molecular formula is C14H17BrO3S. The van der Waals surface area contributed by atoms with Gasteiger partial charge in [-0.25, -0.2) is 4.79 Å². The largest absolute Gasteiger partial charge is 0.478 e. The average Bonchev–Trinajstić information content (AvgIpc) is 2.40. The van der Waals surface area contributed by atoms with Gasteiger partial charge in [0.05, 0.1) is 16.4 Å². The van der Waals surface area contributed by atoms with E-state index in [1.807, 2.05) is 0 Å². The van der Waals surface area contributed by atoms with E-state index >= 15 is 0 Å². The van der Waals surface area contributed by atoms with Gasteiger partial charge in [0.25, 0.3) is 0 Å². The lowest BCUT2D eigenvalue weighted by Gasteiger charge is -2.20. The van der Waals surface area contributed by atoms with Gasteiger partial charge in [0.15, 0.2) is 0 Å². The van der Waals surface area contributed by atoms with Gasteiger partial charge in [-0.05, 0) is 52.9 Å². The van der Waals surface area contributed by atoms with Gasteiger partial charge in [-0.3, -0.25) is 4.21 Å². The molecule has 1 atom stereocenters. The lowest BCUT2D eigenvalue weighted by Crippen LogP contribution is -2.15. The van der Waals surface area contributed by atoms with Crippen LogP contribution in [0.2, 0.25) is 0 Å². The highest BCUT2D eigenvalue weighted by Crippen LogP contribution is 2.27. The molecule has 5 heteroatoms. The maximum Gasteiger partial charge on any atom is 0.336 e. The van der Waals surface area contributed by atoms with Gasteiger partial charge >= 0.3 is 5.97 Å². The molecule has 1 fully saturated rings. The Morgan fingerprint density at radius 2 is 2.00 bits per heavy atom. The van der Waals surface area contributed by atoms with Crippen LogP contribution in [0.25, 0.3) is 0 Å². The topological polar surface area (TPSA) is 54.4 Å². The molecule has 0 radical (unpaired) electrons. The number of carbonyl (C=O) groups is 1. The van der Waals surface area contributed by atoms with Gasteiger partial charge in [-0.2, -0.15) is 0 Å². The van der Waals surface area contributed by atoms with Crippen molar-refractivity contribution in [3.8, 4) is 0 Å². The van der Waals surface area contributed by atoms with Gasteiger partial charge in [-0.1, -0.05) is 19.3 Å². The second-order valence-corrected chi connectivity index (χ2v) is 7.31. The van der Waals surface area contributed by atoms with Gasteiger partial charge in [-0.15, -0.1) is 0 Å². The van der Waals surface area contributed by atoms with Gasteiger partial charge in [0.1, 0.15) is 0 Å².